The van der Waals surface area contributed by atoms with Crippen molar-refractivity contribution in [2.75, 3.05) is 5.32 Å². The van der Waals surface area contributed by atoms with E-state index in [9.17, 15) is 9.59 Å². The molecule has 0 aromatic heterocycles. The Kier molecular flexibility index (Phi) is 8.28. The Bertz CT molecular complexity index is 1070. The standard InChI is InChI=1S/C26H26ClNO4/c1-18(21-7-5-8-22(27)16-21)26(31)28-23-9-2-3-10-24(23)32-17-20-14-12-19(13-15-20)6-4-11-25(29)30/h2-3,5,7-10,12-16,18H,4,6,11,17H2,1H3,(H,28,31)(H,29,30). The Balaban J connectivity index is 1.59. The molecular formula is C26H26ClNO4. The zero-order chi connectivity index (χ0) is 22.9. The van der Waals surface area contributed by atoms with E-state index in [-0.39, 0.29) is 18.2 Å². The van der Waals surface area contributed by atoms with E-state index in [4.69, 9.17) is 21.4 Å². The summed E-state index contributed by atoms with van der Waals surface area (Å²) in [5.41, 5.74) is 3.53. The third-order valence-electron chi connectivity index (χ3n) is 5.16. The average Bonchev–Trinajstić information content (AvgIpc) is 2.78. The van der Waals surface area contributed by atoms with Gasteiger partial charge in [0, 0.05) is 11.4 Å². The normalized spacial score (nSPS) is 11.6. The van der Waals surface area contributed by atoms with Crippen molar-refractivity contribution in [1.82, 2.24) is 0 Å². The molecule has 6 heteroatoms. The van der Waals surface area contributed by atoms with Crippen LogP contribution in [0, 0.1) is 0 Å². The van der Waals surface area contributed by atoms with E-state index in [1.165, 1.54) is 0 Å². The highest BCUT2D eigenvalue weighted by atomic mass is 35.5. The van der Waals surface area contributed by atoms with E-state index in [2.05, 4.69) is 5.32 Å². The van der Waals surface area contributed by atoms with Crippen LogP contribution >= 0.6 is 11.6 Å². The molecule has 32 heavy (non-hydrogen) atoms. The number of ether oxygens (including phenoxy) is 1. The molecule has 0 saturated heterocycles. The van der Waals surface area contributed by atoms with Crippen LogP contribution in [0.2, 0.25) is 5.02 Å². The van der Waals surface area contributed by atoms with Crippen molar-refractivity contribution in [3.8, 4) is 5.75 Å². The number of nitrogens with one attached hydrogen (secondary N) is 1. The molecule has 5 nitrogen and oxygen atoms in total. The molecule has 1 amide bonds. The van der Waals surface area contributed by atoms with Gasteiger partial charge in [-0.05, 0) is 60.7 Å². The summed E-state index contributed by atoms with van der Waals surface area (Å²) in [5, 5.41) is 12.3. The summed E-state index contributed by atoms with van der Waals surface area (Å²) in [6.45, 7) is 2.19. The summed E-state index contributed by atoms with van der Waals surface area (Å²) in [6.07, 6.45) is 1.52. The quantitative estimate of drug-likeness (QED) is 0.392. The Morgan fingerprint density at radius 2 is 1.72 bits per heavy atom. The van der Waals surface area contributed by atoms with E-state index in [0.717, 1.165) is 23.1 Å². The molecule has 1 unspecified atom stereocenters. The number of hydrogen-bond donors (Lipinski definition) is 2. The minimum atomic E-state index is -0.775. The van der Waals surface area contributed by atoms with E-state index in [1.807, 2.05) is 67.6 Å². The first-order valence-corrected chi connectivity index (χ1v) is 10.9. The Morgan fingerprint density at radius 3 is 2.44 bits per heavy atom. The van der Waals surface area contributed by atoms with E-state index >= 15 is 0 Å². The molecule has 3 aromatic rings. The first kappa shape index (κ1) is 23.4. The van der Waals surface area contributed by atoms with Gasteiger partial charge in [0.25, 0.3) is 0 Å². The average molecular weight is 452 g/mol. The maximum Gasteiger partial charge on any atom is 0.303 e. The summed E-state index contributed by atoms with van der Waals surface area (Å²) in [7, 11) is 0. The number of amides is 1. The lowest BCUT2D eigenvalue weighted by Gasteiger charge is -2.16. The first-order chi connectivity index (χ1) is 15.4. The number of carboxylic acids is 1. The third-order valence-corrected chi connectivity index (χ3v) is 5.40. The molecular weight excluding hydrogens is 426 g/mol. The highest BCUT2D eigenvalue weighted by Gasteiger charge is 2.17. The summed E-state index contributed by atoms with van der Waals surface area (Å²) >= 11 is 6.05. The van der Waals surface area contributed by atoms with Crippen molar-refractivity contribution >= 4 is 29.2 Å². The van der Waals surface area contributed by atoms with Gasteiger partial charge in [0.2, 0.25) is 5.91 Å². The van der Waals surface area contributed by atoms with Gasteiger partial charge in [0.15, 0.2) is 0 Å². The molecule has 1 atom stereocenters. The minimum Gasteiger partial charge on any atom is -0.487 e. The molecule has 0 aliphatic carbocycles. The van der Waals surface area contributed by atoms with Gasteiger partial charge in [-0.3, -0.25) is 9.59 Å². The van der Waals surface area contributed by atoms with Crippen molar-refractivity contribution < 1.29 is 19.4 Å². The topological polar surface area (TPSA) is 75.6 Å². The van der Waals surface area contributed by atoms with E-state index < -0.39 is 5.97 Å². The highest BCUT2D eigenvalue weighted by Crippen LogP contribution is 2.27. The Hall–Kier alpha value is -3.31. The lowest BCUT2D eigenvalue weighted by molar-refractivity contribution is -0.137. The van der Waals surface area contributed by atoms with Crippen molar-refractivity contribution in [2.24, 2.45) is 0 Å². The summed E-state index contributed by atoms with van der Waals surface area (Å²) in [6, 6.07) is 22.5. The van der Waals surface area contributed by atoms with Crippen molar-refractivity contribution in [3.05, 3.63) is 94.5 Å². The number of carboxylic acid groups (broad SMARTS) is 1. The van der Waals surface area contributed by atoms with Gasteiger partial charge in [-0.1, -0.05) is 60.1 Å². The molecule has 0 saturated carbocycles. The summed E-state index contributed by atoms with van der Waals surface area (Å²) in [5.74, 6) is -0.697. The van der Waals surface area contributed by atoms with Crippen molar-refractivity contribution in [1.29, 1.82) is 0 Å². The van der Waals surface area contributed by atoms with Crippen LogP contribution in [0.15, 0.2) is 72.8 Å². The number of aliphatic carboxylic acids is 1. The van der Waals surface area contributed by atoms with Crippen LogP contribution in [-0.2, 0) is 22.6 Å². The predicted octanol–water partition coefficient (Wildman–Crippen LogP) is 6.07. The van der Waals surface area contributed by atoms with Gasteiger partial charge in [-0.25, -0.2) is 0 Å². The summed E-state index contributed by atoms with van der Waals surface area (Å²) in [4.78, 5) is 23.4. The van der Waals surface area contributed by atoms with Crippen molar-refractivity contribution in [2.45, 2.75) is 38.7 Å². The van der Waals surface area contributed by atoms with Crippen LogP contribution in [0.25, 0.3) is 0 Å². The van der Waals surface area contributed by atoms with Crippen LogP contribution in [0.4, 0.5) is 5.69 Å². The maximum atomic E-state index is 12.8. The number of rotatable bonds is 10. The highest BCUT2D eigenvalue weighted by molar-refractivity contribution is 6.30. The molecule has 0 fully saturated rings. The molecule has 0 bridgehead atoms. The second-order valence-electron chi connectivity index (χ2n) is 7.61. The molecule has 166 valence electrons. The number of carbonyl (C=O) groups excluding carboxylic acids is 1. The molecule has 3 aromatic carbocycles. The lowest BCUT2D eigenvalue weighted by atomic mass is 10.0. The number of aryl methyl sites for hydroxylation is 1. The molecule has 3 rings (SSSR count). The van der Waals surface area contributed by atoms with Crippen LogP contribution in [0.5, 0.6) is 5.75 Å². The van der Waals surface area contributed by atoms with Gasteiger partial charge >= 0.3 is 5.97 Å². The van der Waals surface area contributed by atoms with Crippen LogP contribution in [-0.4, -0.2) is 17.0 Å². The number of benzene rings is 3. The van der Waals surface area contributed by atoms with Gasteiger partial charge in [-0.15, -0.1) is 0 Å². The fourth-order valence-corrected chi connectivity index (χ4v) is 3.47. The molecule has 0 radical (unpaired) electrons. The second kappa shape index (κ2) is 11.3. The number of hydrogen-bond acceptors (Lipinski definition) is 3. The largest absolute Gasteiger partial charge is 0.487 e. The lowest BCUT2D eigenvalue weighted by Crippen LogP contribution is -2.19. The number of para-hydroxylation sites is 2. The third kappa shape index (κ3) is 6.86. The zero-order valence-corrected chi connectivity index (χ0v) is 18.6. The van der Waals surface area contributed by atoms with E-state index in [0.29, 0.717) is 29.5 Å². The van der Waals surface area contributed by atoms with Gasteiger partial charge in [-0.2, -0.15) is 0 Å². The minimum absolute atomic E-state index is 0.144. The molecule has 0 spiro atoms. The molecule has 0 aliphatic rings. The molecule has 2 N–H and O–H groups in total. The van der Waals surface area contributed by atoms with Gasteiger partial charge in [0.1, 0.15) is 12.4 Å². The summed E-state index contributed by atoms with van der Waals surface area (Å²) < 4.78 is 5.97. The second-order valence-corrected chi connectivity index (χ2v) is 8.05. The van der Waals surface area contributed by atoms with E-state index in [1.54, 1.807) is 12.1 Å². The zero-order valence-electron chi connectivity index (χ0n) is 17.9. The Morgan fingerprint density at radius 1 is 1.00 bits per heavy atom. The fraction of sp³-hybridized carbons (Fsp3) is 0.231. The fourth-order valence-electron chi connectivity index (χ4n) is 3.27. The number of halogens is 1. The number of carbonyl (C=O) groups is 2. The SMILES string of the molecule is CC(C(=O)Nc1ccccc1OCc1ccc(CCCC(=O)O)cc1)c1cccc(Cl)c1. The van der Waals surface area contributed by atoms with Crippen LogP contribution in [0.3, 0.4) is 0 Å². The molecule has 0 aliphatic heterocycles. The Labute approximate surface area is 193 Å². The monoisotopic (exact) mass is 451 g/mol. The first-order valence-electron chi connectivity index (χ1n) is 10.5. The van der Waals surface area contributed by atoms with Gasteiger partial charge < -0.3 is 15.2 Å². The smallest absolute Gasteiger partial charge is 0.303 e. The van der Waals surface area contributed by atoms with Gasteiger partial charge in [0.05, 0.1) is 11.6 Å². The van der Waals surface area contributed by atoms with Crippen LogP contribution in [0.1, 0.15) is 42.4 Å². The predicted molar refractivity (Wildman–Crippen MR) is 126 cm³/mol. The molecule has 0 heterocycles. The number of anilines is 1. The van der Waals surface area contributed by atoms with Crippen molar-refractivity contribution in [3.63, 3.8) is 0 Å². The maximum absolute atomic E-state index is 12.8. The van der Waals surface area contributed by atoms with Crippen LogP contribution < -0.4 is 10.1 Å².